The van der Waals surface area contributed by atoms with E-state index in [0.717, 1.165) is 42.9 Å². The van der Waals surface area contributed by atoms with E-state index < -0.39 is 0 Å². The van der Waals surface area contributed by atoms with Gasteiger partial charge in [0.1, 0.15) is 5.75 Å². The Hall–Kier alpha value is -1.88. The molecule has 0 saturated heterocycles. The highest BCUT2D eigenvalue weighted by Crippen LogP contribution is 2.32. The molecule has 4 nitrogen and oxygen atoms in total. The molecule has 2 aromatic rings. The van der Waals surface area contributed by atoms with Gasteiger partial charge in [-0.3, -0.25) is 4.79 Å². The van der Waals surface area contributed by atoms with E-state index in [1.54, 1.807) is 0 Å². The summed E-state index contributed by atoms with van der Waals surface area (Å²) in [7, 11) is 0. The number of thiazole rings is 1. The van der Waals surface area contributed by atoms with Crippen LogP contribution < -0.4 is 10.1 Å². The molecule has 0 atom stereocenters. The lowest BCUT2D eigenvalue weighted by Crippen LogP contribution is -2.24. The van der Waals surface area contributed by atoms with Gasteiger partial charge in [-0.25, -0.2) is 4.98 Å². The third-order valence-corrected chi connectivity index (χ3v) is 5.45. The van der Waals surface area contributed by atoms with E-state index in [2.05, 4.69) is 16.4 Å². The molecule has 5 heteroatoms. The molecule has 0 unspecified atom stereocenters. The van der Waals surface area contributed by atoms with E-state index in [4.69, 9.17) is 4.74 Å². The number of nitrogens with zero attached hydrogens (tertiary/aromatic N) is 1. The summed E-state index contributed by atoms with van der Waals surface area (Å²) in [6.45, 7) is 0.762. The number of hydrogen-bond donors (Lipinski definition) is 1. The monoisotopic (exact) mass is 328 g/mol. The van der Waals surface area contributed by atoms with Crippen LogP contribution >= 0.6 is 11.3 Å². The normalized spacial score (nSPS) is 17.6. The van der Waals surface area contributed by atoms with E-state index in [1.165, 1.54) is 36.2 Å². The van der Waals surface area contributed by atoms with Crippen molar-refractivity contribution in [1.29, 1.82) is 0 Å². The van der Waals surface area contributed by atoms with E-state index in [-0.39, 0.29) is 11.8 Å². The van der Waals surface area contributed by atoms with E-state index in [9.17, 15) is 4.79 Å². The van der Waals surface area contributed by atoms with Crippen LogP contribution in [0, 0.1) is 5.92 Å². The van der Waals surface area contributed by atoms with Crippen molar-refractivity contribution >= 4 is 22.4 Å². The third kappa shape index (κ3) is 3.11. The summed E-state index contributed by atoms with van der Waals surface area (Å²) in [6, 6.07) is 6.19. The third-order valence-electron chi connectivity index (χ3n) is 4.70. The number of nitrogens with one attached hydrogen (secondary N) is 1. The first kappa shape index (κ1) is 14.7. The molecule has 1 N–H and O–H groups in total. The molecule has 23 heavy (non-hydrogen) atoms. The zero-order valence-corrected chi connectivity index (χ0v) is 13.8. The Bertz CT molecular complexity index is 720. The van der Waals surface area contributed by atoms with Gasteiger partial charge < -0.3 is 10.1 Å². The molecule has 1 saturated carbocycles. The van der Waals surface area contributed by atoms with Crippen molar-refractivity contribution < 1.29 is 9.53 Å². The molecule has 1 aromatic carbocycles. The Morgan fingerprint density at radius 1 is 1.26 bits per heavy atom. The Balaban J connectivity index is 1.47. The van der Waals surface area contributed by atoms with Crippen molar-refractivity contribution in [2.45, 2.75) is 38.5 Å². The minimum absolute atomic E-state index is 0.132. The maximum Gasteiger partial charge on any atom is 0.229 e. The van der Waals surface area contributed by atoms with Crippen molar-refractivity contribution in [2.24, 2.45) is 5.92 Å². The average molecular weight is 328 g/mol. The average Bonchev–Trinajstić information content (AvgIpc) is 3.23. The summed E-state index contributed by atoms with van der Waals surface area (Å²) in [4.78, 5) is 16.9. The van der Waals surface area contributed by atoms with Crippen LogP contribution in [-0.2, 0) is 11.2 Å². The number of carbonyl (C=O) groups excluding carboxylic acids is 1. The highest BCUT2D eigenvalue weighted by molar-refractivity contribution is 7.14. The topological polar surface area (TPSA) is 51.2 Å². The fourth-order valence-electron chi connectivity index (χ4n) is 3.38. The van der Waals surface area contributed by atoms with Gasteiger partial charge in [-0.2, -0.15) is 0 Å². The van der Waals surface area contributed by atoms with Gasteiger partial charge in [-0.1, -0.05) is 19.3 Å². The quantitative estimate of drug-likeness (QED) is 0.915. The molecular formula is C18H20N2O2S. The number of aromatic nitrogens is 1. The van der Waals surface area contributed by atoms with Gasteiger partial charge in [0.25, 0.3) is 0 Å². The van der Waals surface area contributed by atoms with Crippen molar-refractivity contribution in [3.05, 3.63) is 29.1 Å². The molecule has 1 amide bonds. The highest BCUT2D eigenvalue weighted by Gasteiger charge is 2.22. The SMILES string of the molecule is O=C(Nc1nc(-c2ccc3c(c2)CCO3)cs1)C1CCCCC1. The highest BCUT2D eigenvalue weighted by atomic mass is 32.1. The molecule has 2 heterocycles. The molecule has 1 fully saturated rings. The Morgan fingerprint density at radius 2 is 2.13 bits per heavy atom. The molecule has 0 radical (unpaired) electrons. The van der Waals surface area contributed by atoms with Crippen LogP contribution in [0.15, 0.2) is 23.6 Å². The molecule has 2 aliphatic rings. The number of ether oxygens (including phenoxy) is 1. The summed E-state index contributed by atoms with van der Waals surface area (Å²) in [5.74, 6) is 1.27. The van der Waals surface area contributed by atoms with Crippen LogP contribution in [0.1, 0.15) is 37.7 Å². The molecule has 120 valence electrons. The predicted molar refractivity (Wildman–Crippen MR) is 92.0 cm³/mol. The maximum absolute atomic E-state index is 12.3. The first-order chi connectivity index (χ1) is 11.3. The zero-order valence-electron chi connectivity index (χ0n) is 13.0. The van der Waals surface area contributed by atoms with Gasteiger partial charge in [0.05, 0.1) is 12.3 Å². The minimum atomic E-state index is 0.132. The Kier molecular flexibility index (Phi) is 4.04. The molecule has 1 aliphatic carbocycles. The number of anilines is 1. The Morgan fingerprint density at radius 3 is 3.00 bits per heavy atom. The smallest absolute Gasteiger partial charge is 0.229 e. The Labute approximate surface area is 139 Å². The standard InChI is InChI=1S/C18H20N2O2S/c21-17(12-4-2-1-3-5-12)20-18-19-15(11-23-18)13-6-7-16-14(10-13)8-9-22-16/h6-7,10-12H,1-5,8-9H2,(H,19,20,21). The molecular weight excluding hydrogens is 308 g/mol. The van der Waals surface area contributed by atoms with Crippen LogP contribution in [0.3, 0.4) is 0 Å². The number of hydrogen-bond acceptors (Lipinski definition) is 4. The second-order valence-corrected chi connectivity index (χ2v) is 7.14. The van der Waals surface area contributed by atoms with Crippen molar-refractivity contribution in [3.63, 3.8) is 0 Å². The summed E-state index contributed by atoms with van der Waals surface area (Å²) >= 11 is 1.50. The molecule has 1 aliphatic heterocycles. The second-order valence-electron chi connectivity index (χ2n) is 6.28. The fraction of sp³-hybridized carbons (Fsp3) is 0.444. The molecule has 0 spiro atoms. The summed E-state index contributed by atoms with van der Waals surface area (Å²) < 4.78 is 5.54. The van der Waals surface area contributed by atoms with Crippen LogP contribution in [0.2, 0.25) is 0 Å². The minimum Gasteiger partial charge on any atom is -0.493 e. The van der Waals surface area contributed by atoms with Gasteiger partial charge in [-0.05, 0) is 36.6 Å². The predicted octanol–water partition coefficient (Wildman–Crippen LogP) is 4.26. The first-order valence-corrected chi connectivity index (χ1v) is 9.20. The van der Waals surface area contributed by atoms with Crippen LogP contribution in [0.25, 0.3) is 11.3 Å². The maximum atomic E-state index is 12.3. The van der Waals surface area contributed by atoms with E-state index in [1.807, 2.05) is 17.5 Å². The van der Waals surface area contributed by atoms with E-state index in [0.29, 0.717) is 5.13 Å². The van der Waals surface area contributed by atoms with Gasteiger partial charge >= 0.3 is 0 Å². The van der Waals surface area contributed by atoms with Gasteiger partial charge in [0.15, 0.2) is 5.13 Å². The first-order valence-electron chi connectivity index (χ1n) is 8.32. The number of benzene rings is 1. The number of carbonyl (C=O) groups is 1. The largest absolute Gasteiger partial charge is 0.493 e. The number of amides is 1. The van der Waals surface area contributed by atoms with E-state index >= 15 is 0 Å². The lowest BCUT2D eigenvalue weighted by atomic mass is 9.89. The summed E-state index contributed by atoms with van der Waals surface area (Å²) in [5.41, 5.74) is 3.25. The van der Waals surface area contributed by atoms with Gasteiger partial charge in [0, 0.05) is 23.3 Å². The zero-order chi connectivity index (χ0) is 15.6. The lowest BCUT2D eigenvalue weighted by molar-refractivity contribution is -0.120. The van der Waals surface area contributed by atoms with Crippen molar-refractivity contribution in [1.82, 2.24) is 4.98 Å². The number of rotatable bonds is 3. The summed E-state index contributed by atoms with van der Waals surface area (Å²) in [5, 5.41) is 5.71. The second kappa shape index (κ2) is 6.32. The van der Waals surface area contributed by atoms with Crippen LogP contribution in [0.4, 0.5) is 5.13 Å². The van der Waals surface area contributed by atoms with Crippen LogP contribution in [-0.4, -0.2) is 17.5 Å². The van der Waals surface area contributed by atoms with Crippen molar-refractivity contribution in [2.75, 3.05) is 11.9 Å². The molecule has 1 aromatic heterocycles. The molecule has 4 rings (SSSR count). The molecule has 0 bridgehead atoms. The van der Waals surface area contributed by atoms with Gasteiger partial charge in [0.2, 0.25) is 5.91 Å². The fourth-order valence-corrected chi connectivity index (χ4v) is 4.10. The van der Waals surface area contributed by atoms with Crippen molar-refractivity contribution in [3.8, 4) is 17.0 Å². The summed E-state index contributed by atoms with van der Waals surface area (Å²) in [6.07, 6.45) is 6.56. The lowest BCUT2D eigenvalue weighted by Gasteiger charge is -2.19. The van der Waals surface area contributed by atoms with Gasteiger partial charge in [-0.15, -0.1) is 11.3 Å². The number of fused-ring (bicyclic) bond motifs is 1. The van der Waals surface area contributed by atoms with Crippen LogP contribution in [0.5, 0.6) is 5.75 Å².